The maximum absolute atomic E-state index is 13.2. The number of carbonyl (C=O) groups excluding carboxylic acids is 1. The summed E-state index contributed by atoms with van der Waals surface area (Å²) in [6.45, 7) is 1.29. The van der Waals surface area contributed by atoms with E-state index in [1.807, 2.05) is 42.1 Å². The molecular weight excluding hydrogens is 446 g/mol. The highest BCUT2D eigenvalue weighted by atomic mass is 32.1. The zero-order valence-electron chi connectivity index (χ0n) is 19.5. The number of thiazole rings is 1. The highest BCUT2D eigenvalue weighted by Crippen LogP contribution is 2.26. The van der Waals surface area contributed by atoms with Gasteiger partial charge in [0.05, 0.1) is 23.5 Å². The Labute approximate surface area is 203 Å². The molecule has 4 aromatic rings. The van der Waals surface area contributed by atoms with Gasteiger partial charge in [-0.05, 0) is 31.4 Å². The Morgan fingerprint density at radius 1 is 1.26 bits per heavy atom. The third kappa shape index (κ3) is 4.83. The first kappa shape index (κ1) is 22.6. The van der Waals surface area contributed by atoms with Gasteiger partial charge in [0, 0.05) is 55.3 Å². The van der Waals surface area contributed by atoms with Crippen molar-refractivity contribution in [3.05, 3.63) is 81.8 Å². The number of furan rings is 1. The first-order chi connectivity index (χ1) is 16.6. The molecule has 3 aromatic heterocycles. The molecule has 176 valence electrons. The normalized spacial score (nSPS) is 15.3. The summed E-state index contributed by atoms with van der Waals surface area (Å²) in [5.41, 5.74) is 5.00. The first-order valence-corrected chi connectivity index (χ1v) is 12.5. The molecule has 0 saturated carbocycles. The number of aryl methyl sites for hydroxylation is 1. The zero-order valence-corrected chi connectivity index (χ0v) is 20.3. The number of carbonyl (C=O) groups is 1. The minimum absolute atomic E-state index is 0.0647. The van der Waals surface area contributed by atoms with Crippen LogP contribution >= 0.6 is 11.3 Å². The monoisotopic (exact) mass is 475 g/mol. The molecule has 1 amide bonds. The summed E-state index contributed by atoms with van der Waals surface area (Å²) >= 11 is 1.71. The molecule has 1 aliphatic carbocycles. The number of nitrogens with one attached hydrogen (secondary N) is 1. The Morgan fingerprint density at radius 3 is 2.91 bits per heavy atom. The van der Waals surface area contributed by atoms with Crippen molar-refractivity contribution in [2.24, 2.45) is 7.05 Å². The molecule has 1 aromatic carbocycles. The van der Waals surface area contributed by atoms with E-state index < -0.39 is 0 Å². The number of amides is 1. The van der Waals surface area contributed by atoms with Gasteiger partial charge in [-0.2, -0.15) is 5.10 Å². The molecule has 0 bridgehead atoms. The number of aromatic nitrogens is 3. The van der Waals surface area contributed by atoms with Gasteiger partial charge in [0.15, 0.2) is 5.69 Å². The van der Waals surface area contributed by atoms with E-state index >= 15 is 0 Å². The molecule has 0 saturated heterocycles. The van der Waals surface area contributed by atoms with E-state index in [-0.39, 0.29) is 5.91 Å². The van der Waals surface area contributed by atoms with Gasteiger partial charge in [-0.3, -0.25) is 9.48 Å². The van der Waals surface area contributed by atoms with Crippen LogP contribution < -0.4 is 5.32 Å². The van der Waals surface area contributed by atoms with Crippen molar-refractivity contribution in [3.63, 3.8) is 0 Å². The number of fused-ring (bicyclic) bond motifs is 1. The predicted octanol–water partition coefficient (Wildman–Crippen LogP) is 4.10. The molecule has 7 nitrogen and oxygen atoms in total. The summed E-state index contributed by atoms with van der Waals surface area (Å²) in [5, 5.41) is 11.6. The second kappa shape index (κ2) is 9.95. The van der Waals surface area contributed by atoms with Crippen molar-refractivity contribution in [3.8, 4) is 11.3 Å². The maximum atomic E-state index is 13.2. The Bertz CT molecular complexity index is 1250. The van der Waals surface area contributed by atoms with Gasteiger partial charge >= 0.3 is 0 Å². The lowest BCUT2D eigenvalue weighted by molar-refractivity contribution is 0.0767. The quantitative estimate of drug-likeness (QED) is 0.415. The molecule has 1 atom stereocenters. The van der Waals surface area contributed by atoms with Crippen LogP contribution in [0.15, 0.2) is 58.5 Å². The van der Waals surface area contributed by atoms with Gasteiger partial charge in [-0.15, -0.1) is 11.3 Å². The van der Waals surface area contributed by atoms with E-state index in [4.69, 9.17) is 9.40 Å². The summed E-state index contributed by atoms with van der Waals surface area (Å²) < 4.78 is 7.27. The fraction of sp³-hybridized carbons (Fsp3) is 0.346. The molecule has 5 rings (SSSR count). The van der Waals surface area contributed by atoms with E-state index in [2.05, 4.69) is 27.9 Å². The SMILES string of the molecule is CN(Cc1ccco1)C(=O)c1nn(C)c2c1CC(NCCc1nc(-c3ccccc3)cs1)CC2. The molecular formula is C26H29N5O2S. The fourth-order valence-electron chi connectivity index (χ4n) is 4.57. The van der Waals surface area contributed by atoms with Gasteiger partial charge in [-0.25, -0.2) is 4.98 Å². The average Bonchev–Trinajstić information content (AvgIpc) is 3.60. The molecule has 3 heterocycles. The van der Waals surface area contributed by atoms with Crippen molar-refractivity contribution in [2.75, 3.05) is 13.6 Å². The van der Waals surface area contributed by atoms with Crippen LogP contribution in [-0.2, 0) is 32.9 Å². The highest BCUT2D eigenvalue weighted by molar-refractivity contribution is 7.09. The van der Waals surface area contributed by atoms with Crippen molar-refractivity contribution >= 4 is 17.2 Å². The largest absolute Gasteiger partial charge is 0.467 e. The van der Waals surface area contributed by atoms with Crippen LogP contribution in [0.1, 0.15) is 38.9 Å². The summed E-state index contributed by atoms with van der Waals surface area (Å²) in [5.74, 6) is 0.697. The molecule has 0 radical (unpaired) electrons. The fourth-order valence-corrected chi connectivity index (χ4v) is 5.38. The van der Waals surface area contributed by atoms with E-state index in [1.165, 1.54) is 5.69 Å². The number of rotatable bonds is 8. The van der Waals surface area contributed by atoms with E-state index in [0.717, 1.165) is 59.8 Å². The molecule has 0 aliphatic heterocycles. The molecule has 34 heavy (non-hydrogen) atoms. The lowest BCUT2D eigenvalue weighted by atomic mass is 9.91. The minimum Gasteiger partial charge on any atom is -0.467 e. The number of hydrogen-bond donors (Lipinski definition) is 1. The van der Waals surface area contributed by atoms with E-state index in [9.17, 15) is 4.79 Å². The average molecular weight is 476 g/mol. The van der Waals surface area contributed by atoms with Crippen LogP contribution in [0.5, 0.6) is 0 Å². The van der Waals surface area contributed by atoms with Crippen LogP contribution in [0.2, 0.25) is 0 Å². The lowest BCUT2D eigenvalue weighted by Crippen LogP contribution is -2.37. The van der Waals surface area contributed by atoms with Crippen molar-refractivity contribution in [2.45, 2.75) is 38.3 Å². The third-order valence-electron chi connectivity index (χ3n) is 6.37. The predicted molar refractivity (Wildman–Crippen MR) is 133 cm³/mol. The van der Waals surface area contributed by atoms with Crippen molar-refractivity contribution in [1.82, 2.24) is 25.0 Å². The summed E-state index contributed by atoms with van der Waals surface area (Å²) in [6, 6.07) is 14.3. The van der Waals surface area contributed by atoms with Crippen LogP contribution in [0, 0.1) is 0 Å². The van der Waals surface area contributed by atoms with Crippen LogP contribution in [0.3, 0.4) is 0 Å². The lowest BCUT2D eigenvalue weighted by Gasteiger charge is -2.24. The maximum Gasteiger partial charge on any atom is 0.274 e. The van der Waals surface area contributed by atoms with Gasteiger partial charge in [0.2, 0.25) is 0 Å². The van der Waals surface area contributed by atoms with Gasteiger partial charge in [0.25, 0.3) is 5.91 Å². The van der Waals surface area contributed by atoms with Crippen LogP contribution in [0.25, 0.3) is 11.3 Å². The summed E-state index contributed by atoms with van der Waals surface area (Å²) in [7, 11) is 3.73. The van der Waals surface area contributed by atoms with Crippen LogP contribution in [-0.4, -0.2) is 45.2 Å². The standard InChI is InChI=1S/C26H29N5O2S/c1-30(16-20-9-6-14-33-20)26(32)25-21-15-19(10-11-23(21)31(2)29-25)27-13-12-24-28-22(17-34-24)18-7-4-3-5-8-18/h3-9,14,17,19,27H,10-13,15-16H2,1-2H3. The Hall–Kier alpha value is -3.23. The number of benzene rings is 1. The minimum atomic E-state index is -0.0647. The number of hydrogen-bond acceptors (Lipinski definition) is 6. The topological polar surface area (TPSA) is 76.2 Å². The van der Waals surface area contributed by atoms with Gasteiger partial charge in [-0.1, -0.05) is 30.3 Å². The Balaban J connectivity index is 1.19. The first-order valence-electron chi connectivity index (χ1n) is 11.6. The smallest absolute Gasteiger partial charge is 0.274 e. The molecule has 1 unspecified atom stereocenters. The van der Waals surface area contributed by atoms with E-state index in [1.54, 1.807) is 29.5 Å². The van der Waals surface area contributed by atoms with E-state index in [0.29, 0.717) is 18.3 Å². The summed E-state index contributed by atoms with van der Waals surface area (Å²) in [4.78, 5) is 19.6. The molecule has 0 fully saturated rings. The number of nitrogens with zero attached hydrogens (tertiary/aromatic N) is 4. The van der Waals surface area contributed by atoms with Crippen molar-refractivity contribution in [1.29, 1.82) is 0 Å². The molecule has 1 aliphatic rings. The Kier molecular flexibility index (Phi) is 6.60. The summed E-state index contributed by atoms with van der Waals surface area (Å²) in [6.07, 6.45) is 5.29. The molecule has 1 N–H and O–H groups in total. The Morgan fingerprint density at radius 2 is 2.12 bits per heavy atom. The van der Waals surface area contributed by atoms with Crippen molar-refractivity contribution < 1.29 is 9.21 Å². The highest BCUT2D eigenvalue weighted by Gasteiger charge is 2.29. The zero-order chi connectivity index (χ0) is 23.5. The second-order valence-corrected chi connectivity index (χ2v) is 9.72. The third-order valence-corrected chi connectivity index (χ3v) is 7.28. The second-order valence-electron chi connectivity index (χ2n) is 8.77. The van der Waals surface area contributed by atoms with Gasteiger partial charge < -0.3 is 14.6 Å². The van der Waals surface area contributed by atoms with Crippen LogP contribution in [0.4, 0.5) is 0 Å². The molecule has 0 spiro atoms. The molecule has 8 heteroatoms. The van der Waals surface area contributed by atoms with Gasteiger partial charge in [0.1, 0.15) is 5.76 Å².